The van der Waals surface area contributed by atoms with Gasteiger partial charge in [-0.1, -0.05) is 13.8 Å². The lowest BCUT2D eigenvalue weighted by atomic mass is 9.66. The molecule has 0 aromatic carbocycles. The van der Waals surface area contributed by atoms with Crippen LogP contribution in [0.3, 0.4) is 0 Å². The van der Waals surface area contributed by atoms with E-state index in [1.165, 1.54) is 0 Å². The Morgan fingerprint density at radius 1 is 1.23 bits per heavy atom. The van der Waals surface area contributed by atoms with Gasteiger partial charge in [0.15, 0.2) is 5.60 Å². The molecule has 1 amide bonds. The van der Waals surface area contributed by atoms with E-state index in [9.17, 15) is 9.59 Å². The van der Waals surface area contributed by atoms with Crippen molar-refractivity contribution in [2.45, 2.75) is 39.2 Å². The molecule has 1 aliphatic carbocycles. The quantitative estimate of drug-likeness (QED) is 0.768. The van der Waals surface area contributed by atoms with Crippen LogP contribution in [0, 0.1) is 10.8 Å². The summed E-state index contributed by atoms with van der Waals surface area (Å²) in [5.74, 6) is -0.368. The molecular formula is C16H26N2O4. The van der Waals surface area contributed by atoms with Gasteiger partial charge in [0.25, 0.3) is 5.91 Å². The van der Waals surface area contributed by atoms with Gasteiger partial charge in [-0.15, -0.1) is 0 Å². The summed E-state index contributed by atoms with van der Waals surface area (Å²) in [6, 6.07) is 0. The van der Waals surface area contributed by atoms with Gasteiger partial charge in [0, 0.05) is 31.6 Å². The molecule has 2 aliphatic heterocycles. The summed E-state index contributed by atoms with van der Waals surface area (Å²) in [7, 11) is 0. The molecule has 2 heterocycles. The van der Waals surface area contributed by atoms with Gasteiger partial charge in [-0.3, -0.25) is 14.5 Å². The molecule has 6 nitrogen and oxygen atoms in total. The summed E-state index contributed by atoms with van der Waals surface area (Å²) >= 11 is 0. The summed E-state index contributed by atoms with van der Waals surface area (Å²) in [4.78, 5) is 27.2. The highest BCUT2D eigenvalue weighted by atomic mass is 16.6. The highest BCUT2D eigenvalue weighted by Crippen LogP contribution is 2.65. The van der Waals surface area contributed by atoms with Crippen molar-refractivity contribution >= 4 is 11.9 Å². The summed E-state index contributed by atoms with van der Waals surface area (Å²) in [5, 5.41) is 2.99. The average Bonchev–Trinajstić information content (AvgIpc) is 2.78. The van der Waals surface area contributed by atoms with Gasteiger partial charge in [-0.25, -0.2) is 0 Å². The number of rotatable bonds is 4. The van der Waals surface area contributed by atoms with E-state index in [0.29, 0.717) is 13.0 Å². The van der Waals surface area contributed by atoms with E-state index >= 15 is 0 Å². The third kappa shape index (κ3) is 2.00. The average molecular weight is 310 g/mol. The molecule has 0 aromatic heterocycles. The number of hydrogen-bond acceptors (Lipinski definition) is 5. The third-order valence-electron chi connectivity index (χ3n) is 6.27. The van der Waals surface area contributed by atoms with Crippen molar-refractivity contribution in [3.8, 4) is 0 Å². The zero-order valence-electron chi connectivity index (χ0n) is 13.7. The summed E-state index contributed by atoms with van der Waals surface area (Å²) < 4.78 is 10.9. The molecule has 2 atom stereocenters. The fraction of sp³-hybridized carbons (Fsp3) is 0.875. The number of amides is 1. The summed E-state index contributed by atoms with van der Waals surface area (Å²) in [6.07, 6.45) is 1.33. The molecule has 6 heteroatoms. The maximum atomic E-state index is 12.7. The van der Waals surface area contributed by atoms with Crippen LogP contribution in [-0.2, 0) is 19.1 Å². The van der Waals surface area contributed by atoms with Gasteiger partial charge in [0.2, 0.25) is 0 Å². The molecule has 0 unspecified atom stereocenters. The van der Waals surface area contributed by atoms with E-state index in [-0.39, 0.29) is 11.9 Å². The number of ether oxygens (including phenoxy) is 2. The number of carbonyl (C=O) groups is 2. The van der Waals surface area contributed by atoms with Crippen molar-refractivity contribution in [2.75, 3.05) is 39.4 Å². The minimum atomic E-state index is -0.996. The maximum Gasteiger partial charge on any atom is 0.313 e. The minimum Gasteiger partial charge on any atom is -0.448 e. The standard InChI is InChI=1S/C16H26N2O4/c1-14(2)15(3)4-5-16(14,22-13(15)20)12(19)17-6-7-18-8-10-21-11-9-18/h4-11H2,1-3H3,(H,17,19)/t15-,16+/m1/s1. The van der Waals surface area contributed by atoms with E-state index in [2.05, 4.69) is 10.2 Å². The Morgan fingerprint density at radius 3 is 2.45 bits per heavy atom. The van der Waals surface area contributed by atoms with Gasteiger partial charge in [0.1, 0.15) is 0 Å². The summed E-state index contributed by atoms with van der Waals surface area (Å²) in [6.45, 7) is 10.6. The number of nitrogens with one attached hydrogen (secondary N) is 1. The van der Waals surface area contributed by atoms with Crippen LogP contribution in [-0.4, -0.2) is 61.8 Å². The highest BCUT2D eigenvalue weighted by Gasteiger charge is 2.75. The van der Waals surface area contributed by atoms with Gasteiger partial charge >= 0.3 is 5.97 Å². The number of morpholine rings is 1. The Morgan fingerprint density at radius 2 is 1.91 bits per heavy atom. The maximum absolute atomic E-state index is 12.7. The first kappa shape index (κ1) is 15.7. The lowest BCUT2D eigenvalue weighted by Crippen LogP contribution is -2.54. The van der Waals surface area contributed by atoms with Crippen molar-refractivity contribution in [1.29, 1.82) is 0 Å². The fourth-order valence-electron chi connectivity index (χ4n) is 4.04. The Bertz CT molecular complexity index is 487. The topological polar surface area (TPSA) is 67.9 Å². The molecule has 22 heavy (non-hydrogen) atoms. The number of nitrogens with zero attached hydrogens (tertiary/aromatic N) is 1. The van der Waals surface area contributed by atoms with E-state index < -0.39 is 16.4 Å². The minimum absolute atomic E-state index is 0.139. The second-order valence-electron chi connectivity index (χ2n) is 7.38. The molecule has 3 fully saturated rings. The molecule has 0 spiro atoms. The SMILES string of the molecule is CC1(C)[C@@]2(C(=O)NCCN3CCOCC3)CC[C@]1(C)C(=O)O2. The molecule has 0 radical (unpaired) electrons. The predicted octanol–water partition coefficient (Wildman–Crippen LogP) is 0.557. The predicted molar refractivity (Wildman–Crippen MR) is 80.2 cm³/mol. The van der Waals surface area contributed by atoms with Gasteiger partial charge in [0.05, 0.1) is 18.6 Å². The Labute approximate surface area is 131 Å². The molecule has 0 aromatic rings. The number of esters is 1. The van der Waals surface area contributed by atoms with Crippen molar-refractivity contribution in [1.82, 2.24) is 10.2 Å². The normalized spacial score (nSPS) is 37.1. The fourth-order valence-corrected chi connectivity index (χ4v) is 4.04. The molecule has 2 bridgehead atoms. The van der Waals surface area contributed by atoms with Crippen LogP contribution in [0.25, 0.3) is 0 Å². The van der Waals surface area contributed by atoms with Crippen molar-refractivity contribution in [3.63, 3.8) is 0 Å². The highest BCUT2D eigenvalue weighted by molar-refractivity contribution is 5.96. The van der Waals surface area contributed by atoms with Crippen molar-refractivity contribution in [2.24, 2.45) is 10.8 Å². The molecular weight excluding hydrogens is 284 g/mol. The molecule has 1 N–H and O–H groups in total. The van der Waals surface area contributed by atoms with Crippen molar-refractivity contribution < 1.29 is 19.1 Å². The lowest BCUT2D eigenvalue weighted by Gasteiger charge is -2.35. The van der Waals surface area contributed by atoms with Crippen LogP contribution < -0.4 is 5.32 Å². The first-order chi connectivity index (χ1) is 10.3. The monoisotopic (exact) mass is 310 g/mol. The van der Waals surface area contributed by atoms with Gasteiger partial charge in [-0.2, -0.15) is 0 Å². The second-order valence-corrected chi connectivity index (χ2v) is 7.38. The van der Waals surface area contributed by atoms with Gasteiger partial charge in [-0.05, 0) is 19.8 Å². The largest absolute Gasteiger partial charge is 0.448 e. The Kier molecular flexibility index (Phi) is 3.72. The lowest BCUT2D eigenvalue weighted by molar-refractivity contribution is -0.168. The second kappa shape index (κ2) is 5.20. The smallest absolute Gasteiger partial charge is 0.313 e. The Balaban J connectivity index is 1.61. The number of carbonyl (C=O) groups excluding carboxylic acids is 2. The Hall–Kier alpha value is -1.14. The number of hydrogen-bond donors (Lipinski definition) is 1. The van der Waals surface area contributed by atoms with Crippen LogP contribution in [0.2, 0.25) is 0 Å². The third-order valence-corrected chi connectivity index (χ3v) is 6.27. The van der Waals surface area contributed by atoms with E-state index in [1.54, 1.807) is 0 Å². The zero-order chi connectivity index (χ0) is 16.0. The van der Waals surface area contributed by atoms with Crippen LogP contribution in [0.4, 0.5) is 0 Å². The first-order valence-electron chi connectivity index (χ1n) is 8.15. The van der Waals surface area contributed by atoms with Crippen LogP contribution in [0.5, 0.6) is 0 Å². The van der Waals surface area contributed by atoms with Crippen molar-refractivity contribution in [3.05, 3.63) is 0 Å². The molecule has 2 saturated heterocycles. The summed E-state index contributed by atoms with van der Waals surface area (Å²) in [5.41, 5.74) is -2.02. The molecule has 1 saturated carbocycles. The van der Waals surface area contributed by atoms with Crippen LogP contribution in [0.15, 0.2) is 0 Å². The molecule has 124 valence electrons. The van der Waals surface area contributed by atoms with E-state index in [1.807, 2.05) is 20.8 Å². The zero-order valence-corrected chi connectivity index (χ0v) is 13.7. The van der Waals surface area contributed by atoms with Crippen LogP contribution in [0.1, 0.15) is 33.6 Å². The molecule has 3 aliphatic rings. The van der Waals surface area contributed by atoms with E-state index in [0.717, 1.165) is 39.3 Å². The van der Waals surface area contributed by atoms with Crippen LogP contribution >= 0.6 is 0 Å². The van der Waals surface area contributed by atoms with Gasteiger partial charge < -0.3 is 14.8 Å². The number of fused-ring (bicyclic) bond motifs is 2. The molecule has 3 rings (SSSR count). The van der Waals surface area contributed by atoms with E-state index in [4.69, 9.17) is 9.47 Å². The first-order valence-corrected chi connectivity index (χ1v) is 8.15.